The number of hydrogen-bond donors (Lipinski definition) is 2. The molecule has 1 rings (SSSR count). The molecule has 2 atom stereocenters. The topological polar surface area (TPSA) is 163 Å². The second-order valence-electron chi connectivity index (χ2n) is 4.86. The van der Waals surface area contributed by atoms with Gasteiger partial charge in [0, 0.05) is 6.54 Å². The first-order chi connectivity index (χ1) is 10.8. The van der Waals surface area contributed by atoms with E-state index in [-0.39, 0.29) is 59.7 Å². The van der Waals surface area contributed by atoms with Crippen LogP contribution in [0.25, 0.3) is 12.3 Å². The van der Waals surface area contributed by atoms with Gasteiger partial charge < -0.3 is 31.1 Å². The van der Waals surface area contributed by atoms with Gasteiger partial charge in [0.1, 0.15) is 0 Å². The first-order valence-electron chi connectivity index (χ1n) is 7.50. The van der Waals surface area contributed by atoms with Crippen LogP contribution in [0.4, 0.5) is 0 Å². The van der Waals surface area contributed by atoms with Gasteiger partial charge in [-0.15, -0.1) is 0 Å². The zero-order valence-electron chi connectivity index (χ0n) is 15.1. The molecule has 0 aliphatic carbocycles. The van der Waals surface area contributed by atoms with Crippen LogP contribution >= 0.6 is 15.2 Å². The third kappa shape index (κ3) is 8.85. The Labute approximate surface area is 170 Å². The zero-order valence-corrected chi connectivity index (χ0v) is 19.2. The number of nitrogens with zero attached hydrogens (tertiary/aromatic N) is 1. The van der Waals surface area contributed by atoms with Crippen LogP contribution < -0.4 is 0 Å². The van der Waals surface area contributed by atoms with Crippen molar-refractivity contribution in [2.45, 2.75) is 32.8 Å². The Balaban J connectivity index is -0.00000176. The SMILES string of the molecule is CCOP(=O)(O)C(N(CC)Cc1ccccc1)P(=O)(O)OCC.[NH2-].[NH2-].[Pt+2]. The molecule has 2 unspecified atom stereocenters. The Bertz CT molecular complexity index is 555. The molecule has 1 aromatic carbocycles. The van der Waals surface area contributed by atoms with E-state index in [1.54, 1.807) is 20.8 Å². The molecule has 0 spiro atoms. The maximum Gasteiger partial charge on any atom is 2.00 e. The summed E-state index contributed by atoms with van der Waals surface area (Å²) >= 11 is 0. The summed E-state index contributed by atoms with van der Waals surface area (Å²) in [4.78, 5) is 21.8. The van der Waals surface area contributed by atoms with Gasteiger partial charge in [-0.25, -0.2) is 0 Å². The third-order valence-electron chi connectivity index (χ3n) is 3.17. The van der Waals surface area contributed by atoms with Gasteiger partial charge in [-0.2, -0.15) is 0 Å². The molecule has 0 radical (unpaired) electrons. The first-order valence-corrected chi connectivity index (χ1v) is 10.8. The summed E-state index contributed by atoms with van der Waals surface area (Å²) in [7, 11) is -8.75. The molecule has 0 aromatic heterocycles. The molecule has 0 amide bonds. The van der Waals surface area contributed by atoms with Crippen LogP contribution in [-0.4, -0.2) is 40.0 Å². The molecular formula is C14H29N3O6P2Pt. The van der Waals surface area contributed by atoms with Crippen molar-refractivity contribution in [3.63, 3.8) is 0 Å². The minimum atomic E-state index is -4.38. The van der Waals surface area contributed by atoms with Gasteiger partial charge in [0.2, 0.25) is 5.52 Å². The second kappa shape index (κ2) is 14.1. The number of benzene rings is 1. The molecular weight excluding hydrogens is 563 g/mol. The monoisotopic (exact) mass is 592 g/mol. The van der Waals surface area contributed by atoms with E-state index >= 15 is 0 Å². The van der Waals surface area contributed by atoms with Crippen LogP contribution in [0.2, 0.25) is 0 Å². The summed E-state index contributed by atoms with van der Waals surface area (Å²) in [6.07, 6.45) is 0. The quantitative estimate of drug-likeness (QED) is 0.373. The number of nitrogens with two attached hydrogens (primary N) is 2. The van der Waals surface area contributed by atoms with E-state index in [1.165, 1.54) is 4.90 Å². The molecule has 0 saturated carbocycles. The first kappa shape index (κ1) is 30.8. The summed E-state index contributed by atoms with van der Waals surface area (Å²) in [5.74, 6) is 0. The molecule has 156 valence electrons. The molecule has 0 bridgehead atoms. The average molecular weight is 592 g/mol. The Morgan fingerprint density at radius 2 is 1.38 bits per heavy atom. The molecule has 12 heteroatoms. The van der Waals surface area contributed by atoms with Gasteiger partial charge in [0.15, 0.2) is 0 Å². The van der Waals surface area contributed by atoms with Gasteiger partial charge in [-0.3, -0.25) is 14.0 Å². The summed E-state index contributed by atoms with van der Waals surface area (Å²) in [5.41, 5.74) is -0.771. The predicted molar refractivity (Wildman–Crippen MR) is 99.8 cm³/mol. The van der Waals surface area contributed by atoms with Crippen molar-refractivity contribution >= 4 is 15.2 Å². The van der Waals surface area contributed by atoms with Crippen molar-refractivity contribution < 1.29 is 49.0 Å². The van der Waals surface area contributed by atoms with E-state index in [4.69, 9.17) is 9.05 Å². The summed E-state index contributed by atoms with van der Waals surface area (Å²) in [6, 6.07) is 9.20. The van der Waals surface area contributed by atoms with Gasteiger partial charge in [0.05, 0.1) is 13.2 Å². The molecule has 0 saturated heterocycles. The van der Waals surface area contributed by atoms with E-state index < -0.39 is 20.7 Å². The van der Waals surface area contributed by atoms with Crippen molar-refractivity contribution in [3.8, 4) is 0 Å². The van der Waals surface area contributed by atoms with Crippen LogP contribution in [0.3, 0.4) is 0 Å². The van der Waals surface area contributed by atoms with Gasteiger partial charge >= 0.3 is 36.3 Å². The Kier molecular flexibility index (Phi) is 16.8. The maximum atomic E-state index is 12.5. The van der Waals surface area contributed by atoms with Gasteiger partial charge in [-0.05, 0) is 26.0 Å². The van der Waals surface area contributed by atoms with Gasteiger partial charge in [-0.1, -0.05) is 37.3 Å². The van der Waals surface area contributed by atoms with Crippen LogP contribution in [0, 0.1) is 0 Å². The van der Waals surface area contributed by atoms with Crippen molar-refractivity contribution in [2.75, 3.05) is 19.8 Å². The van der Waals surface area contributed by atoms with E-state index in [2.05, 4.69) is 0 Å². The standard InChI is InChI=1S/C14H25NO6P2.2H2N.Pt/c1-4-15(12-13-10-8-7-9-11-13)14(22(16,17)20-5-2)23(18,19)21-6-3;;;/h7-11,14H,4-6,12H2,1-3H3,(H,16,17)(H,18,19);2*1H2;/q;2*-1;+2. The van der Waals surface area contributed by atoms with Crippen LogP contribution in [-0.2, 0) is 45.8 Å². The fourth-order valence-corrected chi connectivity index (χ4v) is 6.47. The molecule has 0 fully saturated rings. The Hall–Kier alpha value is 0.0883. The van der Waals surface area contributed by atoms with E-state index in [0.717, 1.165) is 5.56 Å². The molecule has 1 aromatic rings. The number of hydrogen-bond acceptors (Lipinski definition) is 5. The smallest absolute Gasteiger partial charge is 0.693 e. The second-order valence-corrected chi connectivity index (χ2v) is 9.02. The van der Waals surface area contributed by atoms with E-state index in [9.17, 15) is 18.9 Å². The van der Waals surface area contributed by atoms with E-state index in [1.807, 2.05) is 30.3 Å². The summed E-state index contributed by atoms with van der Waals surface area (Å²) in [5, 5.41) is 0. The Morgan fingerprint density at radius 3 is 1.73 bits per heavy atom. The summed E-state index contributed by atoms with van der Waals surface area (Å²) < 4.78 is 34.8. The number of rotatable bonds is 10. The summed E-state index contributed by atoms with van der Waals surface area (Å²) in [6.45, 7) is 5.28. The van der Waals surface area contributed by atoms with Gasteiger partial charge in [0.25, 0.3) is 0 Å². The van der Waals surface area contributed by atoms with Crippen molar-refractivity contribution in [1.82, 2.24) is 4.90 Å². The predicted octanol–water partition coefficient (Wildman–Crippen LogP) is 4.67. The van der Waals surface area contributed by atoms with Crippen molar-refractivity contribution in [3.05, 3.63) is 48.2 Å². The molecule has 0 heterocycles. The molecule has 0 aliphatic heterocycles. The third-order valence-corrected chi connectivity index (χ3v) is 8.00. The fraction of sp³-hybridized carbons (Fsp3) is 0.571. The molecule has 26 heavy (non-hydrogen) atoms. The normalized spacial score (nSPS) is 16.2. The maximum absolute atomic E-state index is 12.5. The van der Waals surface area contributed by atoms with Crippen molar-refractivity contribution in [2.24, 2.45) is 0 Å². The van der Waals surface area contributed by atoms with Crippen LogP contribution in [0.1, 0.15) is 26.3 Å². The average Bonchev–Trinajstić information content (AvgIpc) is 2.46. The Morgan fingerprint density at radius 1 is 0.962 bits per heavy atom. The molecule has 6 N–H and O–H groups in total. The largest absolute Gasteiger partial charge is 2.00 e. The minimum absolute atomic E-state index is 0. The van der Waals surface area contributed by atoms with Crippen LogP contribution in [0.15, 0.2) is 30.3 Å². The molecule has 9 nitrogen and oxygen atoms in total. The molecule has 0 aliphatic rings. The fourth-order valence-electron chi connectivity index (χ4n) is 2.28. The van der Waals surface area contributed by atoms with Crippen molar-refractivity contribution in [1.29, 1.82) is 0 Å². The minimum Gasteiger partial charge on any atom is -0.693 e. The zero-order chi connectivity index (χ0) is 17.5. The van der Waals surface area contributed by atoms with Crippen LogP contribution in [0.5, 0.6) is 0 Å². The van der Waals surface area contributed by atoms with E-state index in [0.29, 0.717) is 0 Å².